The molecule has 0 aromatic carbocycles. The molecule has 1 fully saturated rings. The Bertz CT molecular complexity index is 154. The Morgan fingerprint density at radius 3 is 2.00 bits per heavy atom. The van der Waals surface area contributed by atoms with E-state index in [1.807, 2.05) is 0 Å². The second-order valence-corrected chi connectivity index (χ2v) is 1.13. The van der Waals surface area contributed by atoms with E-state index in [0.29, 0.717) is 0 Å². The minimum atomic E-state index is -1.14. The number of nitrogens with one attached hydrogen (secondary N) is 1. The molecule has 42 valence electrons. The van der Waals surface area contributed by atoms with Gasteiger partial charge in [-0.3, -0.25) is 10.1 Å². The number of hydrogen-bond acceptors (Lipinski definition) is 4. The maximum Gasteiger partial charge on any atom is 0.422 e. The molecular formula is C3HNO4. The molecule has 1 rings (SSSR count). The van der Waals surface area contributed by atoms with Crippen LogP contribution in [0.5, 0.6) is 0 Å². The molecular weight excluding hydrogens is 114 g/mol. The molecule has 0 spiro atoms. The number of esters is 1. The summed E-state index contributed by atoms with van der Waals surface area (Å²) in [6, 6.07) is 0. The lowest BCUT2D eigenvalue weighted by molar-refractivity contribution is -0.145. The number of ether oxygens (including phenoxy) is 1. The number of hydrogen-bond donors (Lipinski definition) is 1. The van der Waals surface area contributed by atoms with Crippen LogP contribution in [-0.2, 0) is 14.3 Å². The van der Waals surface area contributed by atoms with Crippen molar-refractivity contribution in [2.75, 3.05) is 0 Å². The smallest absolute Gasteiger partial charge is 0.369 e. The lowest BCUT2D eigenvalue weighted by Crippen LogP contribution is -2.20. The summed E-state index contributed by atoms with van der Waals surface area (Å²) >= 11 is 0. The van der Waals surface area contributed by atoms with E-state index in [1.54, 1.807) is 5.32 Å². The van der Waals surface area contributed by atoms with Crippen LogP contribution in [0.25, 0.3) is 0 Å². The van der Waals surface area contributed by atoms with E-state index in [9.17, 15) is 14.4 Å². The van der Waals surface area contributed by atoms with Crippen molar-refractivity contribution in [1.82, 2.24) is 5.32 Å². The van der Waals surface area contributed by atoms with Gasteiger partial charge in [-0.05, 0) is 0 Å². The molecule has 0 atom stereocenters. The molecule has 0 bridgehead atoms. The molecule has 1 N–H and O–H groups in total. The van der Waals surface area contributed by atoms with Gasteiger partial charge in [0.05, 0.1) is 0 Å². The fraction of sp³-hybridized carbons (Fsp3) is 0. The number of imide groups is 1. The first-order valence-corrected chi connectivity index (χ1v) is 1.77. The van der Waals surface area contributed by atoms with Crippen molar-refractivity contribution < 1.29 is 19.1 Å². The number of cyclic esters (lactones) is 2. The summed E-state index contributed by atoms with van der Waals surface area (Å²) in [7, 11) is 0. The molecule has 0 saturated carbocycles. The zero-order chi connectivity index (χ0) is 6.15. The van der Waals surface area contributed by atoms with E-state index in [2.05, 4.69) is 4.74 Å². The lowest BCUT2D eigenvalue weighted by atomic mass is 10.7. The van der Waals surface area contributed by atoms with Crippen LogP contribution in [0.1, 0.15) is 0 Å². The van der Waals surface area contributed by atoms with Gasteiger partial charge in [-0.2, -0.15) is 0 Å². The van der Waals surface area contributed by atoms with Crippen LogP contribution in [-0.4, -0.2) is 18.0 Å². The third-order valence-electron chi connectivity index (χ3n) is 0.586. The van der Waals surface area contributed by atoms with E-state index in [-0.39, 0.29) is 0 Å². The molecule has 0 unspecified atom stereocenters. The fourth-order valence-electron chi connectivity index (χ4n) is 0.300. The summed E-state index contributed by atoms with van der Waals surface area (Å²) < 4.78 is 3.73. The molecule has 2 amide bonds. The Kier molecular flexibility index (Phi) is 0.768. The number of rotatable bonds is 0. The second kappa shape index (κ2) is 1.29. The highest BCUT2D eigenvalue weighted by molar-refractivity contribution is 6.40. The third kappa shape index (κ3) is 0.534. The molecule has 5 nitrogen and oxygen atoms in total. The highest BCUT2D eigenvalue weighted by atomic mass is 16.6. The highest BCUT2D eigenvalue weighted by Crippen LogP contribution is 1.88. The van der Waals surface area contributed by atoms with Crippen molar-refractivity contribution in [3.8, 4) is 0 Å². The Morgan fingerprint density at radius 2 is 1.88 bits per heavy atom. The van der Waals surface area contributed by atoms with E-state index < -0.39 is 18.0 Å². The average molecular weight is 115 g/mol. The normalized spacial score (nSPS) is 18.2. The van der Waals surface area contributed by atoms with Crippen molar-refractivity contribution in [1.29, 1.82) is 0 Å². The van der Waals surface area contributed by atoms with Crippen molar-refractivity contribution in [2.24, 2.45) is 0 Å². The van der Waals surface area contributed by atoms with Crippen LogP contribution < -0.4 is 5.32 Å². The van der Waals surface area contributed by atoms with Gasteiger partial charge >= 0.3 is 18.0 Å². The first kappa shape index (κ1) is 4.76. The average Bonchev–Trinajstić information content (AvgIpc) is 1.85. The predicted octanol–water partition coefficient (Wildman–Crippen LogP) is -1.22. The minimum absolute atomic E-state index is 1.000. The summed E-state index contributed by atoms with van der Waals surface area (Å²) in [5.41, 5.74) is 0. The summed E-state index contributed by atoms with van der Waals surface area (Å²) in [6.07, 6.45) is -1.000. The van der Waals surface area contributed by atoms with Crippen LogP contribution in [0.15, 0.2) is 0 Å². The Morgan fingerprint density at radius 1 is 1.25 bits per heavy atom. The second-order valence-electron chi connectivity index (χ2n) is 1.13. The van der Waals surface area contributed by atoms with Crippen molar-refractivity contribution in [3.63, 3.8) is 0 Å². The maximum atomic E-state index is 9.98. The monoisotopic (exact) mass is 115 g/mol. The van der Waals surface area contributed by atoms with Crippen LogP contribution >= 0.6 is 0 Å². The molecule has 1 heterocycles. The Labute approximate surface area is 43.6 Å². The van der Waals surface area contributed by atoms with E-state index in [0.717, 1.165) is 0 Å². The summed E-state index contributed by atoms with van der Waals surface area (Å²) in [5.74, 6) is -2.15. The van der Waals surface area contributed by atoms with Gasteiger partial charge in [0.25, 0.3) is 0 Å². The maximum absolute atomic E-state index is 9.98. The fourth-order valence-corrected chi connectivity index (χ4v) is 0.300. The van der Waals surface area contributed by atoms with Crippen LogP contribution in [0, 0.1) is 0 Å². The number of carbonyl (C=O) groups is 3. The van der Waals surface area contributed by atoms with Gasteiger partial charge in [0.1, 0.15) is 0 Å². The molecule has 0 aromatic rings. The number of carbonyl (C=O) groups excluding carboxylic acids is 3. The highest BCUT2D eigenvalue weighted by Gasteiger charge is 2.29. The van der Waals surface area contributed by atoms with Gasteiger partial charge in [-0.15, -0.1) is 0 Å². The molecule has 8 heavy (non-hydrogen) atoms. The van der Waals surface area contributed by atoms with Gasteiger partial charge in [-0.1, -0.05) is 0 Å². The molecule has 1 saturated heterocycles. The summed E-state index contributed by atoms with van der Waals surface area (Å²) in [6.45, 7) is 0. The third-order valence-corrected chi connectivity index (χ3v) is 0.586. The van der Waals surface area contributed by atoms with Crippen molar-refractivity contribution >= 4 is 18.0 Å². The van der Waals surface area contributed by atoms with Crippen LogP contribution in [0.3, 0.4) is 0 Å². The standard InChI is InChI=1S/C3HNO4/c5-1-2(6)8-3(7)4-1/h(H,4,5,7). The number of amides is 2. The molecule has 1 aliphatic rings. The first-order chi connectivity index (χ1) is 3.70. The molecule has 0 aromatic heterocycles. The van der Waals surface area contributed by atoms with E-state index in [1.165, 1.54) is 0 Å². The van der Waals surface area contributed by atoms with E-state index in [4.69, 9.17) is 0 Å². The van der Waals surface area contributed by atoms with Crippen LogP contribution in [0.2, 0.25) is 0 Å². The SMILES string of the molecule is O=C1NC(=O)C(=O)O1. The predicted molar refractivity (Wildman–Crippen MR) is 19.6 cm³/mol. The first-order valence-electron chi connectivity index (χ1n) is 1.77. The molecule has 5 heteroatoms. The Balaban J connectivity index is 2.79. The molecule has 0 aliphatic carbocycles. The van der Waals surface area contributed by atoms with Crippen molar-refractivity contribution in [3.05, 3.63) is 0 Å². The minimum Gasteiger partial charge on any atom is -0.369 e. The summed E-state index contributed by atoms with van der Waals surface area (Å²) in [5, 5.41) is 1.62. The lowest BCUT2D eigenvalue weighted by Gasteiger charge is -1.76. The largest absolute Gasteiger partial charge is 0.422 e. The van der Waals surface area contributed by atoms with Gasteiger partial charge < -0.3 is 4.74 Å². The quantitative estimate of drug-likeness (QED) is 0.244. The Hall–Kier alpha value is -1.39. The van der Waals surface area contributed by atoms with Gasteiger partial charge in [0.2, 0.25) is 0 Å². The summed E-state index contributed by atoms with van der Waals surface area (Å²) in [4.78, 5) is 29.8. The van der Waals surface area contributed by atoms with Crippen molar-refractivity contribution in [2.45, 2.75) is 0 Å². The van der Waals surface area contributed by atoms with Gasteiger partial charge in [-0.25, -0.2) is 9.59 Å². The van der Waals surface area contributed by atoms with E-state index >= 15 is 0 Å². The van der Waals surface area contributed by atoms with Gasteiger partial charge in [0.15, 0.2) is 0 Å². The van der Waals surface area contributed by atoms with Gasteiger partial charge in [0, 0.05) is 0 Å². The molecule has 1 aliphatic heterocycles. The number of alkyl carbamates (subject to hydrolysis) is 1. The van der Waals surface area contributed by atoms with Crippen LogP contribution in [0.4, 0.5) is 4.79 Å². The zero-order valence-electron chi connectivity index (χ0n) is 3.63. The topological polar surface area (TPSA) is 72.5 Å². The zero-order valence-corrected chi connectivity index (χ0v) is 3.63. The molecule has 0 radical (unpaired) electrons.